The molecule has 0 bridgehead atoms. The monoisotopic (exact) mass is 260 g/mol. The van der Waals surface area contributed by atoms with Crippen molar-refractivity contribution in [2.75, 3.05) is 7.11 Å². The molecule has 0 amide bonds. The Balaban J connectivity index is 2.74. The minimum Gasteiger partial charge on any atom is -0.505 e. The van der Waals surface area contributed by atoms with Crippen LogP contribution in [0, 0.1) is 6.92 Å². The number of hydrogen-bond acceptors (Lipinski definition) is 5. The number of aryl methyl sites for hydroxylation is 1. The molecule has 0 saturated carbocycles. The van der Waals surface area contributed by atoms with Gasteiger partial charge in [-0.25, -0.2) is 0 Å². The van der Waals surface area contributed by atoms with Gasteiger partial charge in [-0.1, -0.05) is 6.07 Å². The van der Waals surface area contributed by atoms with Crippen LogP contribution in [-0.4, -0.2) is 28.3 Å². The SMILES string of the molecule is COc1ccc(C)cc1-n1nc(C=O)c(O)cc1=O. The van der Waals surface area contributed by atoms with Gasteiger partial charge in [0.1, 0.15) is 11.4 Å². The highest BCUT2D eigenvalue weighted by Gasteiger charge is 2.12. The van der Waals surface area contributed by atoms with E-state index in [-0.39, 0.29) is 5.69 Å². The number of nitrogens with zero attached hydrogens (tertiary/aromatic N) is 2. The number of methoxy groups -OCH3 is 1. The van der Waals surface area contributed by atoms with Gasteiger partial charge >= 0.3 is 0 Å². The number of hydrogen-bond donors (Lipinski definition) is 1. The number of ether oxygens (including phenoxy) is 1. The lowest BCUT2D eigenvalue weighted by Gasteiger charge is -2.11. The standard InChI is InChI=1S/C13H12N2O4/c1-8-3-4-12(19-2)10(5-8)15-13(18)6-11(17)9(7-16)14-15/h3-7,17H,1-2H3. The first-order valence-electron chi connectivity index (χ1n) is 5.50. The predicted molar refractivity (Wildman–Crippen MR) is 68.2 cm³/mol. The lowest BCUT2D eigenvalue weighted by molar-refractivity contribution is 0.111. The number of aromatic nitrogens is 2. The number of carbonyl (C=O) groups is 1. The van der Waals surface area contributed by atoms with Crippen LogP contribution in [0.1, 0.15) is 16.1 Å². The summed E-state index contributed by atoms with van der Waals surface area (Å²) < 4.78 is 6.19. The van der Waals surface area contributed by atoms with Crippen molar-refractivity contribution in [2.45, 2.75) is 6.92 Å². The summed E-state index contributed by atoms with van der Waals surface area (Å²) in [5, 5.41) is 13.2. The first-order valence-corrected chi connectivity index (χ1v) is 5.50. The Kier molecular flexibility index (Phi) is 3.33. The summed E-state index contributed by atoms with van der Waals surface area (Å²) in [7, 11) is 1.47. The molecule has 0 radical (unpaired) electrons. The van der Waals surface area contributed by atoms with Crippen LogP contribution in [0.3, 0.4) is 0 Å². The number of benzene rings is 1. The fraction of sp³-hybridized carbons (Fsp3) is 0.154. The van der Waals surface area contributed by atoms with Gasteiger partial charge in [-0.3, -0.25) is 9.59 Å². The third kappa shape index (κ3) is 2.33. The average molecular weight is 260 g/mol. The van der Waals surface area contributed by atoms with E-state index >= 15 is 0 Å². The summed E-state index contributed by atoms with van der Waals surface area (Å²) in [5.74, 6) is 0.00519. The van der Waals surface area contributed by atoms with Gasteiger partial charge in [-0.15, -0.1) is 0 Å². The van der Waals surface area contributed by atoms with Crippen LogP contribution in [0.25, 0.3) is 5.69 Å². The maximum Gasteiger partial charge on any atom is 0.275 e. The second-order valence-corrected chi connectivity index (χ2v) is 3.96. The molecular formula is C13H12N2O4. The number of aldehydes is 1. The van der Waals surface area contributed by atoms with Gasteiger partial charge in [-0.05, 0) is 24.6 Å². The van der Waals surface area contributed by atoms with E-state index in [9.17, 15) is 14.7 Å². The van der Waals surface area contributed by atoms with Gasteiger partial charge in [0.25, 0.3) is 5.56 Å². The van der Waals surface area contributed by atoms with E-state index in [2.05, 4.69) is 5.10 Å². The van der Waals surface area contributed by atoms with Gasteiger partial charge in [0.05, 0.1) is 7.11 Å². The Morgan fingerprint density at radius 3 is 2.74 bits per heavy atom. The van der Waals surface area contributed by atoms with Gasteiger partial charge in [-0.2, -0.15) is 9.78 Å². The van der Waals surface area contributed by atoms with Crippen molar-refractivity contribution in [2.24, 2.45) is 0 Å². The van der Waals surface area contributed by atoms with E-state index in [1.807, 2.05) is 13.0 Å². The summed E-state index contributed by atoms with van der Waals surface area (Å²) in [5.41, 5.74) is 0.566. The van der Waals surface area contributed by atoms with Crippen LogP contribution in [0.15, 0.2) is 29.1 Å². The van der Waals surface area contributed by atoms with Crippen LogP contribution in [0.4, 0.5) is 0 Å². The molecule has 1 aromatic heterocycles. The molecular weight excluding hydrogens is 248 g/mol. The molecule has 6 heteroatoms. The van der Waals surface area contributed by atoms with Gasteiger partial charge in [0.15, 0.2) is 17.7 Å². The van der Waals surface area contributed by atoms with Crippen molar-refractivity contribution in [1.29, 1.82) is 0 Å². The molecule has 2 rings (SSSR count). The second kappa shape index (κ2) is 4.93. The quantitative estimate of drug-likeness (QED) is 0.835. The molecule has 98 valence electrons. The molecule has 1 N–H and O–H groups in total. The Morgan fingerprint density at radius 2 is 2.11 bits per heavy atom. The van der Waals surface area contributed by atoms with Crippen LogP contribution in [0.2, 0.25) is 0 Å². The van der Waals surface area contributed by atoms with Crippen molar-refractivity contribution in [3.05, 3.63) is 45.9 Å². The lowest BCUT2D eigenvalue weighted by atomic mass is 10.2. The number of aromatic hydroxyl groups is 1. The van der Waals surface area contributed by atoms with Crippen LogP contribution < -0.4 is 10.3 Å². The Morgan fingerprint density at radius 1 is 1.37 bits per heavy atom. The smallest absolute Gasteiger partial charge is 0.275 e. The summed E-state index contributed by atoms with van der Waals surface area (Å²) >= 11 is 0. The normalized spacial score (nSPS) is 10.2. The van der Waals surface area contributed by atoms with Crippen molar-refractivity contribution >= 4 is 6.29 Å². The molecule has 0 saturated heterocycles. The van der Waals surface area contributed by atoms with Crippen LogP contribution >= 0.6 is 0 Å². The third-order valence-electron chi connectivity index (χ3n) is 2.61. The molecule has 19 heavy (non-hydrogen) atoms. The Bertz CT molecular complexity index is 692. The highest BCUT2D eigenvalue weighted by Crippen LogP contribution is 2.22. The highest BCUT2D eigenvalue weighted by molar-refractivity contribution is 5.75. The van der Waals surface area contributed by atoms with E-state index in [4.69, 9.17) is 4.74 Å². The fourth-order valence-corrected chi connectivity index (χ4v) is 1.68. The third-order valence-corrected chi connectivity index (χ3v) is 2.61. The molecule has 0 aliphatic heterocycles. The molecule has 0 atom stereocenters. The first-order chi connectivity index (χ1) is 9.06. The van der Waals surface area contributed by atoms with E-state index < -0.39 is 11.3 Å². The molecule has 0 spiro atoms. The largest absolute Gasteiger partial charge is 0.505 e. The van der Waals surface area contributed by atoms with E-state index in [1.165, 1.54) is 7.11 Å². The predicted octanol–water partition coefficient (Wildman–Crippen LogP) is 1.07. The molecule has 1 aromatic carbocycles. The lowest BCUT2D eigenvalue weighted by Crippen LogP contribution is -2.22. The zero-order chi connectivity index (χ0) is 14.0. The van der Waals surface area contributed by atoms with Crippen molar-refractivity contribution < 1.29 is 14.6 Å². The fourth-order valence-electron chi connectivity index (χ4n) is 1.68. The zero-order valence-corrected chi connectivity index (χ0v) is 10.5. The number of rotatable bonds is 3. The molecule has 0 aliphatic rings. The molecule has 0 aliphatic carbocycles. The second-order valence-electron chi connectivity index (χ2n) is 3.96. The van der Waals surface area contributed by atoms with Crippen molar-refractivity contribution in [3.8, 4) is 17.2 Å². The minimum atomic E-state index is -0.549. The van der Waals surface area contributed by atoms with Crippen molar-refractivity contribution in [3.63, 3.8) is 0 Å². The van der Waals surface area contributed by atoms with Crippen molar-refractivity contribution in [1.82, 2.24) is 9.78 Å². The molecule has 6 nitrogen and oxygen atoms in total. The molecule has 0 fully saturated rings. The van der Waals surface area contributed by atoms with Crippen LogP contribution in [0.5, 0.6) is 11.5 Å². The summed E-state index contributed by atoms with van der Waals surface area (Å²) in [6.45, 7) is 1.86. The maximum atomic E-state index is 11.9. The minimum absolute atomic E-state index is 0.205. The van der Waals surface area contributed by atoms with Gasteiger partial charge in [0.2, 0.25) is 0 Å². The van der Waals surface area contributed by atoms with E-state index in [0.717, 1.165) is 16.3 Å². The molecule has 0 unspecified atom stereocenters. The number of carbonyl (C=O) groups excluding carboxylic acids is 1. The summed E-state index contributed by atoms with van der Waals surface area (Å²) in [6, 6.07) is 6.18. The van der Waals surface area contributed by atoms with E-state index in [1.54, 1.807) is 12.1 Å². The van der Waals surface area contributed by atoms with Gasteiger partial charge in [0, 0.05) is 6.07 Å². The Labute approximate surface area is 108 Å². The molecule has 1 heterocycles. The summed E-state index contributed by atoms with van der Waals surface area (Å²) in [6.07, 6.45) is 0.382. The molecule has 2 aromatic rings. The van der Waals surface area contributed by atoms with Crippen LogP contribution in [-0.2, 0) is 0 Å². The zero-order valence-electron chi connectivity index (χ0n) is 10.5. The first kappa shape index (κ1) is 12.8. The average Bonchev–Trinajstić information content (AvgIpc) is 2.39. The van der Waals surface area contributed by atoms with E-state index in [0.29, 0.717) is 17.7 Å². The Hall–Kier alpha value is -2.63. The maximum absolute atomic E-state index is 11.9. The summed E-state index contributed by atoms with van der Waals surface area (Å²) in [4.78, 5) is 22.6. The van der Waals surface area contributed by atoms with Gasteiger partial charge < -0.3 is 9.84 Å². The highest BCUT2D eigenvalue weighted by atomic mass is 16.5. The topological polar surface area (TPSA) is 81.4 Å².